The van der Waals surface area contributed by atoms with Crippen LogP contribution in [0.1, 0.15) is 37.7 Å². The summed E-state index contributed by atoms with van der Waals surface area (Å²) in [7, 11) is 1.46. The van der Waals surface area contributed by atoms with E-state index in [9.17, 15) is 9.59 Å². The number of hydrogen-bond acceptors (Lipinski definition) is 7. The van der Waals surface area contributed by atoms with Crippen LogP contribution < -0.4 is 14.8 Å². The molecule has 1 aromatic rings. The normalized spacial score (nSPS) is 42.9. The van der Waals surface area contributed by atoms with E-state index in [-0.39, 0.29) is 30.1 Å². The minimum Gasteiger partial charge on any atom is -0.467 e. The second-order valence-corrected chi connectivity index (χ2v) is 9.67. The topological polar surface area (TPSA) is 77.1 Å². The van der Waals surface area contributed by atoms with E-state index in [1.807, 2.05) is 6.07 Å². The van der Waals surface area contributed by atoms with Crippen LogP contribution in [-0.2, 0) is 19.7 Å². The molecule has 2 unspecified atom stereocenters. The number of anilines is 1. The molecule has 4 fully saturated rings. The third-order valence-corrected chi connectivity index (χ3v) is 8.94. The van der Waals surface area contributed by atoms with Crippen molar-refractivity contribution in [2.45, 2.75) is 49.1 Å². The van der Waals surface area contributed by atoms with Crippen molar-refractivity contribution in [1.82, 2.24) is 4.90 Å². The summed E-state index contributed by atoms with van der Waals surface area (Å²) in [4.78, 5) is 29.6. The number of ketones is 1. The lowest BCUT2D eigenvalue weighted by Gasteiger charge is -2.63. The fraction of sp³-hybridized carbons (Fsp3) is 0.636. The maximum absolute atomic E-state index is 13.6. The Labute approximate surface area is 168 Å². The van der Waals surface area contributed by atoms with Gasteiger partial charge in [0.25, 0.3) is 0 Å². The molecule has 1 aromatic carbocycles. The first-order valence-electron chi connectivity index (χ1n) is 10.6. The molecule has 7 nitrogen and oxygen atoms in total. The molecule has 2 saturated heterocycles. The molecule has 4 bridgehead atoms. The third kappa shape index (κ3) is 1.52. The summed E-state index contributed by atoms with van der Waals surface area (Å²) in [6.45, 7) is 1.90. The van der Waals surface area contributed by atoms with E-state index >= 15 is 0 Å². The van der Waals surface area contributed by atoms with Gasteiger partial charge in [-0.25, -0.2) is 4.79 Å². The Kier molecular flexibility index (Phi) is 2.78. The van der Waals surface area contributed by atoms with E-state index in [0.29, 0.717) is 30.1 Å². The minimum absolute atomic E-state index is 0.0421. The van der Waals surface area contributed by atoms with Gasteiger partial charge in [0.2, 0.25) is 6.79 Å². The summed E-state index contributed by atoms with van der Waals surface area (Å²) in [5, 5.41) is 3.60. The van der Waals surface area contributed by atoms with Crippen LogP contribution in [0.4, 0.5) is 5.69 Å². The van der Waals surface area contributed by atoms with Crippen LogP contribution in [0, 0.1) is 11.3 Å². The highest BCUT2D eigenvalue weighted by molar-refractivity contribution is 5.99. The predicted octanol–water partition coefficient (Wildman–Crippen LogP) is 1.84. The number of methoxy groups -OCH3 is 1. The van der Waals surface area contributed by atoms with Crippen LogP contribution in [0.15, 0.2) is 12.1 Å². The number of nitrogens with zero attached hydrogens (tertiary/aromatic N) is 1. The van der Waals surface area contributed by atoms with E-state index < -0.39 is 11.0 Å². The van der Waals surface area contributed by atoms with E-state index in [0.717, 1.165) is 43.6 Å². The number of hydrogen-bond donors (Lipinski definition) is 1. The first kappa shape index (κ1) is 16.5. The molecule has 29 heavy (non-hydrogen) atoms. The van der Waals surface area contributed by atoms with Gasteiger partial charge < -0.3 is 19.5 Å². The maximum atomic E-state index is 13.6. The van der Waals surface area contributed by atoms with E-state index in [1.165, 1.54) is 7.11 Å². The fourth-order valence-corrected chi connectivity index (χ4v) is 8.24. The zero-order valence-electron chi connectivity index (χ0n) is 16.5. The van der Waals surface area contributed by atoms with Gasteiger partial charge in [0, 0.05) is 24.9 Å². The van der Waals surface area contributed by atoms with Gasteiger partial charge in [0.15, 0.2) is 11.5 Å². The number of carbonyl (C=O) groups excluding carboxylic acids is 2. The molecule has 7 rings (SSSR count). The van der Waals surface area contributed by atoms with Gasteiger partial charge in [0.1, 0.15) is 11.3 Å². The molecule has 2 saturated carbocycles. The van der Waals surface area contributed by atoms with E-state index in [4.69, 9.17) is 14.2 Å². The van der Waals surface area contributed by atoms with Crippen LogP contribution in [0.5, 0.6) is 11.5 Å². The van der Waals surface area contributed by atoms with Crippen LogP contribution in [0.2, 0.25) is 0 Å². The van der Waals surface area contributed by atoms with Gasteiger partial charge in [-0.15, -0.1) is 0 Å². The molecule has 6 aliphatic rings. The second-order valence-electron chi connectivity index (χ2n) is 9.67. The number of piperidine rings is 1. The molecule has 0 amide bonds. The summed E-state index contributed by atoms with van der Waals surface area (Å²) in [5.74, 6) is 1.21. The van der Waals surface area contributed by atoms with Gasteiger partial charge >= 0.3 is 5.97 Å². The SMILES string of the molecule is COC(=O)[C@]12CCC34CCCN5CC(C(=O)C3)[C@@]1(c1ccc3c(c1N2)OCO3)[C@@H]54. The van der Waals surface area contributed by atoms with Gasteiger partial charge in [0.05, 0.1) is 18.2 Å². The van der Waals surface area contributed by atoms with Crippen molar-refractivity contribution < 1.29 is 23.8 Å². The predicted molar refractivity (Wildman–Crippen MR) is 102 cm³/mol. The number of rotatable bonds is 1. The van der Waals surface area contributed by atoms with Crippen molar-refractivity contribution in [2.75, 3.05) is 32.3 Å². The molecule has 4 aliphatic heterocycles. The van der Waals surface area contributed by atoms with E-state index in [1.54, 1.807) is 0 Å². The van der Waals surface area contributed by atoms with Crippen LogP contribution in [-0.4, -0.2) is 55.2 Å². The average molecular weight is 396 g/mol. The smallest absolute Gasteiger partial charge is 0.332 e. The summed E-state index contributed by atoms with van der Waals surface area (Å²) in [6, 6.07) is 4.18. The highest BCUT2D eigenvalue weighted by atomic mass is 16.7. The number of benzene rings is 1. The molecule has 7 heteroatoms. The maximum Gasteiger partial charge on any atom is 0.332 e. The number of esters is 1. The first-order valence-corrected chi connectivity index (χ1v) is 10.6. The van der Waals surface area contributed by atoms with Gasteiger partial charge in [-0.1, -0.05) is 6.07 Å². The summed E-state index contributed by atoms with van der Waals surface area (Å²) >= 11 is 0. The van der Waals surface area contributed by atoms with Crippen molar-refractivity contribution in [3.63, 3.8) is 0 Å². The zero-order chi connectivity index (χ0) is 19.6. The largest absolute Gasteiger partial charge is 0.467 e. The average Bonchev–Trinajstić information content (AvgIpc) is 3.40. The fourth-order valence-electron chi connectivity index (χ4n) is 8.24. The quantitative estimate of drug-likeness (QED) is 0.726. The van der Waals surface area contributed by atoms with Crippen molar-refractivity contribution in [1.29, 1.82) is 0 Å². The Morgan fingerprint density at radius 2 is 2.17 bits per heavy atom. The number of fused-ring (bicyclic) bond motifs is 3. The van der Waals surface area contributed by atoms with Crippen LogP contribution in [0.25, 0.3) is 0 Å². The molecule has 0 aromatic heterocycles. The van der Waals surface area contributed by atoms with Crippen molar-refractivity contribution in [3.8, 4) is 11.5 Å². The minimum atomic E-state index is -0.938. The molecule has 1 spiro atoms. The monoisotopic (exact) mass is 396 g/mol. The Hall–Kier alpha value is -2.28. The number of carbonyl (C=O) groups is 2. The van der Waals surface area contributed by atoms with Gasteiger partial charge in [-0.2, -0.15) is 0 Å². The molecule has 152 valence electrons. The highest BCUT2D eigenvalue weighted by Crippen LogP contribution is 2.73. The van der Waals surface area contributed by atoms with Gasteiger partial charge in [-0.05, 0) is 49.3 Å². The van der Waals surface area contributed by atoms with Crippen molar-refractivity contribution >= 4 is 17.4 Å². The Morgan fingerprint density at radius 3 is 3.03 bits per heavy atom. The molecule has 2 aliphatic carbocycles. The lowest BCUT2D eigenvalue weighted by Crippen LogP contribution is -2.75. The lowest BCUT2D eigenvalue weighted by atomic mass is 9.41. The molecule has 0 radical (unpaired) electrons. The summed E-state index contributed by atoms with van der Waals surface area (Å²) in [5.41, 5.74) is 0.285. The lowest BCUT2D eigenvalue weighted by molar-refractivity contribution is -0.163. The third-order valence-electron chi connectivity index (χ3n) is 8.94. The van der Waals surface area contributed by atoms with E-state index in [2.05, 4.69) is 16.3 Å². The number of nitrogens with one attached hydrogen (secondary N) is 1. The summed E-state index contributed by atoms with van der Waals surface area (Å²) in [6.07, 6.45) is 4.38. The molecular weight excluding hydrogens is 372 g/mol. The Balaban J connectivity index is 1.58. The highest BCUT2D eigenvalue weighted by Gasteiger charge is 2.82. The Morgan fingerprint density at radius 1 is 1.28 bits per heavy atom. The zero-order valence-corrected chi connectivity index (χ0v) is 16.5. The van der Waals surface area contributed by atoms with Crippen molar-refractivity contribution in [2.24, 2.45) is 11.3 Å². The molecule has 4 heterocycles. The second kappa shape index (κ2) is 4.89. The standard InChI is InChI=1S/C22H24N2O5/c1-27-19(26)21-7-6-20-5-2-8-24-10-13(14(25)9-20)22(21,18(20)24)12-3-4-15-17(16(12)23-21)29-11-28-15/h3-4,13,18,23H,2,5-11H2,1H3/t13?,18-,20?,21+,22-/m0/s1. The Bertz CT molecular complexity index is 994. The van der Waals surface area contributed by atoms with Crippen LogP contribution >= 0.6 is 0 Å². The number of Topliss-reactive ketones (excluding diaryl/α,β-unsaturated/α-hetero) is 1. The molecule has 1 N–H and O–H groups in total. The van der Waals surface area contributed by atoms with Crippen LogP contribution in [0.3, 0.4) is 0 Å². The summed E-state index contributed by atoms with van der Waals surface area (Å²) < 4.78 is 16.8. The molecular formula is C22H24N2O5. The van der Waals surface area contributed by atoms with Gasteiger partial charge in [-0.3, -0.25) is 9.69 Å². The molecule has 5 atom stereocenters. The first-order chi connectivity index (χ1) is 14.1. The van der Waals surface area contributed by atoms with Crippen molar-refractivity contribution in [3.05, 3.63) is 17.7 Å². The number of ether oxygens (including phenoxy) is 3.